The SMILES string of the molecule is C/C(=C\CO)CCC[C@H](C)CCC[C@H](C)CCCC(C)C.C=CC(C)(O)CCCC(C)CCCC(C)CCCC(C)C. The largest absolute Gasteiger partial charge is 0.392 e. The quantitative estimate of drug-likeness (QED) is 0.0981. The number of aliphatic hydroxyl groups is 2. The third kappa shape index (κ3) is 32.3. The second kappa shape index (κ2) is 27.9. The maximum Gasteiger partial charge on any atom is 0.0797 e. The van der Waals surface area contributed by atoms with Gasteiger partial charge in [-0.3, -0.25) is 0 Å². The predicted molar refractivity (Wildman–Crippen MR) is 191 cm³/mol. The van der Waals surface area contributed by atoms with Gasteiger partial charge in [0, 0.05) is 0 Å². The van der Waals surface area contributed by atoms with Crippen molar-refractivity contribution >= 4 is 0 Å². The van der Waals surface area contributed by atoms with Crippen molar-refractivity contribution in [1.82, 2.24) is 0 Å². The lowest BCUT2D eigenvalue weighted by Crippen LogP contribution is -2.20. The van der Waals surface area contributed by atoms with Crippen molar-refractivity contribution in [2.45, 2.75) is 190 Å². The fourth-order valence-electron chi connectivity index (χ4n) is 5.85. The van der Waals surface area contributed by atoms with Gasteiger partial charge in [-0.1, -0.05) is 169 Å². The minimum Gasteiger partial charge on any atom is -0.392 e. The van der Waals surface area contributed by atoms with E-state index in [9.17, 15) is 5.11 Å². The molecule has 0 saturated heterocycles. The highest BCUT2D eigenvalue weighted by molar-refractivity contribution is 4.97. The fraction of sp³-hybridized carbons (Fsp3) is 0.900. The lowest BCUT2D eigenvalue weighted by molar-refractivity contribution is 0.0974. The van der Waals surface area contributed by atoms with E-state index in [1.165, 1.54) is 102 Å². The minimum atomic E-state index is -0.676. The van der Waals surface area contributed by atoms with Gasteiger partial charge < -0.3 is 10.2 Å². The first kappa shape index (κ1) is 43.5. The van der Waals surface area contributed by atoms with Gasteiger partial charge in [-0.25, -0.2) is 0 Å². The maximum atomic E-state index is 9.89. The molecule has 0 fully saturated rings. The lowest BCUT2D eigenvalue weighted by Gasteiger charge is -2.20. The van der Waals surface area contributed by atoms with Crippen LogP contribution < -0.4 is 0 Å². The van der Waals surface area contributed by atoms with Crippen LogP contribution in [0.4, 0.5) is 0 Å². The summed E-state index contributed by atoms with van der Waals surface area (Å²) in [5.74, 6) is 5.15. The molecule has 0 radical (unpaired) electrons. The smallest absolute Gasteiger partial charge is 0.0797 e. The molecule has 2 heteroatoms. The molecule has 0 aliphatic carbocycles. The third-order valence-corrected chi connectivity index (χ3v) is 9.27. The zero-order valence-electron chi connectivity index (χ0n) is 30.7. The van der Waals surface area contributed by atoms with E-state index in [1.807, 2.05) is 13.0 Å². The summed E-state index contributed by atoms with van der Waals surface area (Å²) < 4.78 is 0. The van der Waals surface area contributed by atoms with Crippen molar-refractivity contribution in [2.75, 3.05) is 6.61 Å². The van der Waals surface area contributed by atoms with Crippen molar-refractivity contribution in [3.05, 3.63) is 24.3 Å². The van der Waals surface area contributed by atoms with E-state index in [1.54, 1.807) is 6.08 Å². The van der Waals surface area contributed by atoms with Crippen LogP contribution in [-0.4, -0.2) is 22.4 Å². The number of rotatable bonds is 26. The van der Waals surface area contributed by atoms with Gasteiger partial charge in [0.25, 0.3) is 0 Å². The standard InChI is InChI=1S/2C20H40O/c1-17(2)9-6-10-18(3)11-7-12-19(4)13-8-14-20(5)15-16-21;1-7-20(6,21)16-10-15-19(5)14-9-13-18(4)12-8-11-17(2)3/h15,17-19,21H,6-14,16H2,1-5H3;7,17-19,21H,1,8-16H2,2-6H3/b20-15+;/t18-,19-;/m1./s1. The molecule has 0 aromatic carbocycles. The lowest BCUT2D eigenvalue weighted by atomic mass is 9.90. The van der Waals surface area contributed by atoms with Crippen LogP contribution in [0.5, 0.6) is 0 Å². The Morgan fingerprint density at radius 3 is 1.26 bits per heavy atom. The predicted octanol–water partition coefficient (Wildman–Crippen LogP) is 12.7. The van der Waals surface area contributed by atoms with Gasteiger partial charge in [0.15, 0.2) is 0 Å². The second-order valence-electron chi connectivity index (χ2n) is 15.5. The first-order chi connectivity index (χ1) is 19.7. The van der Waals surface area contributed by atoms with Crippen LogP contribution in [0.25, 0.3) is 0 Å². The summed E-state index contributed by atoms with van der Waals surface area (Å²) in [4.78, 5) is 0. The molecule has 252 valence electrons. The molecule has 0 aliphatic heterocycles. The van der Waals surface area contributed by atoms with Crippen LogP contribution in [0.2, 0.25) is 0 Å². The topological polar surface area (TPSA) is 40.5 Å². The number of allylic oxidation sites excluding steroid dienone is 1. The highest BCUT2D eigenvalue weighted by Crippen LogP contribution is 2.24. The molecule has 0 heterocycles. The molecule has 0 aliphatic rings. The van der Waals surface area contributed by atoms with Crippen LogP contribution in [0.3, 0.4) is 0 Å². The summed E-state index contributed by atoms with van der Waals surface area (Å²) in [5, 5.41) is 18.7. The highest BCUT2D eigenvalue weighted by Gasteiger charge is 2.15. The van der Waals surface area contributed by atoms with Crippen molar-refractivity contribution in [3.63, 3.8) is 0 Å². The average Bonchev–Trinajstić information content (AvgIpc) is 2.88. The van der Waals surface area contributed by atoms with Gasteiger partial charge in [0.2, 0.25) is 0 Å². The van der Waals surface area contributed by atoms with Crippen LogP contribution >= 0.6 is 0 Å². The number of aliphatic hydroxyl groups excluding tert-OH is 1. The Hall–Kier alpha value is -0.600. The van der Waals surface area contributed by atoms with E-state index >= 15 is 0 Å². The summed E-state index contributed by atoms with van der Waals surface area (Å²) in [6.07, 6.45) is 27.2. The molecule has 42 heavy (non-hydrogen) atoms. The van der Waals surface area contributed by atoms with E-state index in [2.05, 4.69) is 68.9 Å². The Balaban J connectivity index is 0. The first-order valence-electron chi connectivity index (χ1n) is 18.3. The third-order valence-electron chi connectivity index (χ3n) is 9.27. The van der Waals surface area contributed by atoms with Crippen LogP contribution in [0.1, 0.15) is 185 Å². The summed E-state index contributed by atoms with van der Waals surface area (Å²) in [6, 6.07) is 0. The molecular formula is C40H80O2. The molecule has 2 nitrogen and oxygen atoms in total. The molecule has 3 unspecified atom stereocenters. The molecule has 0 bridgehead atoms. The van der Waals surface area contributed by atoms with Crippen LogP contribution in [0.15, 0.2) is 24.3 Å². The van der Waals surface area contributed by atoms with E-state index in [0.717, 1.165) is 54.8 Å². The number of hydrogen-bond acceptors (Lipinski definition) is 2. The molecule has 0 aromatic heterocycles. The van der Waals surface area contributed by atoms with Crippen molar-refractivity contribution in [1.29, 1.82) is 0 Å². The second-order valence-corrected chi connectivity index (χ2v) is 15.5. The first-order valence-corrected chi connectivity index (χ1v) is 18.3. The number of hydrogen-bond donors (Lipinski definition) is 2. The Kier molecular flexibility index (Phi) is 28.9. The molecular weight excluding hydrogens is 512 g/mol. The summed E-state index contributed by atoms with van der Waals surface area (Å²) in [7, 11) is 0. The molecule has 5 atom stereocenters. The van der Waals surface area contributed by atoms with Crippen LogP contribution in [0, 0.1) is 35.5 Å². The fourth-order valence-corrected chi connectivity index (χ4v) is 5.85. The molecule has 2 N–H and O–H groups in total. The zero-order valence-corrected chi connectivity index (χ0v) is 30.7. The van der Waals surface area contributed by atoms with Crippen molar-refractivity contribution in [3.8, 4) is 0 Å². The molecule has 0 aromatic rings. The molecule has 0 rings (SSSR count). The molecule has 0 spiro atoms. The highest BCUT2D eigenvalue weighted by atomic mass is 16.3. The van der Waals surface area contributed by atoms with Gasteiger partial charge in [0.05, 0.1) is 12.2 Å². The summed E-state index contributed by atoms with van der Waals surface area (Å²) in [6.45, 7) is 26.7. The van der Waals surface area contributed by atoms with E-state index in [4.69, 9.17) is 5.11 Å². The Labute approximate surface area is 266 Å². The Morgan fingerprint density at radius 2 is 0.929 bits per heavy atom. The van der Waals surface area contributed by atoms with Gasteiger partial charge in [-0.15, -0.1) is 6.58 Å². The maximum absolute atomic E-state index is 9.89. The van der Waals surface area contributed by atoms with Gasteiger partial charge >= 0.3 is 0 Å². The zero-order chi connectivity index (χ0) is 32.4. The Bertz CT molecular complexity index is 617. The monoisotopic (exact) mass is 593 g/mol. The van der Waals surface area contributed by atoms with Crippen molar-refractivity contribution in [2.24, 2.45) is 35.5 Å². The summed E-state index contributed by atoms with van der Waals surface area (Å²) in [5.41, 5.74) is 0.661. The van der Waals surface area contributed by atoms with Gasteiger partial charge in [-0.05, 0) is 68.6 Å². The normalized spacial score (nSPS) is 16.5. The Morgan fingerprint density at radius 1 is 0.595 bits per heavy atom. The minimum absolute atomic E-state index is 0.191. The van der Waals surface area contributed by atoms with E-state index in [0.29, 0.717) is 0 Å². The van der Waals surface area contributed by atoms with Crippen molar-refractivity contribution < 1.29 is 10.2 Å². The average molecular weight is 593 g/mol. The van der Waals surface area contributed by atoms with E-state index < -0.39 is 5.60 Å². The summed E-state index contributed by atoms with van der Waals surface area (Å²) >= 11 is 0. The van der Waals surface area contributed by atoms with Gasteiger partial charge in [0.1, 0.15) is 0 Å². The van der Waals surface area contributed by atoms with Gasteiger partial charge in [-0.2, -0.15) is 0 Å². The van der Waals surface area contributed by atoms with E-state index in [-0.39, 0.29) is 6.61 Å². The van der Waals surface area contributed by atoms with Crippen LogP contribution in [-0.2, 0) is 0 Å². The molecule has 0 amide bonds. The molecule has 0 saturated carbocycles.